The molecule has 1 heterocycles. The number of benzene rings is 2. The summed E-state index contributed by atoms with van der Waals surface area (Å²) >= 11 is 5.92. The summed E-state index contributed by atoms with van der Waals surface area (Å²) in [5, 5.41) is 10.8. The highest BCUT2D eigenvalue weighted by molar-refractivity contribution is 7.69. The maximum absolute atomic E-state index is 14.7. The lowest BCUT2D eigenvalue weighted by Crippen LogP contribution is -2.20. The Morgan fingerprint density at radius 2 is 1.88 bits per heavy atom. The molecule has 1 unspecified atom stereocenters. The molecule has 0 amide bonds. The Balaban J connectivity index is 2.36. The fourth-order valence-corrected chi connectivity index (χ4v) is 5.18. The third-order valence-corrected chi connectivity index (χ3v) is 6.11. The molecule has 1 aromatic heterocycles. The number of carboxylic acids is 1. The normalized spacial score (nSPS) is 12.5. The van der Waals surface area contributed by atoms with Crippen molar-refractivity contribution in [3.05, 3.63) is 58.0 Å². The van der Waals surface area contributed by atoms with Crippen molar-refractivity contribution in [2.24, 2.45) is 0 Å². The molecule has 4 nitrogen and oxygen atoms in total. The zero-order chi connectivity index (χ0) is 18.3. The summed E-state index contributed by atoms with van der Waals surface area (Å²) < 4.78 is 20.4. The molecule has 0 aliphatic rings. The van der Waals surface area contributed by atoms with Crippen molar-refractivity contribution >= 4 is 47.2 Å². The van der Waals surface area contributed by atoms with Crippen LogP contribution in [0.4, 0.5) is 4.39 Å². The SMILES string of the molecule is COP(c1cc(C)cc(C)c1)c1c(C(=O)O)[nH]c2ccc(Cl)c(F)c12. The Morgan fingerprint density at radius 1 is 1.24 bits per heavy atom. The summed E-state index contributed by atoms with van der Waals surface area (Å²) in [4.78, 5) is 14.5. The van der Waals surface area contributed by atoms with Crippen LogP contribution in [0.1, 0.15) is 21.6 Å². The van der Waals surface area contributed by atoms with Gasteiger partial charge in [0.1, 0.15) is 5.69 Å². The molecule has 3 aromatic rings. The van der Waals surface area contributed by atoms with E-state index in [2.05, 4.69) is 4.98 Å². The molecule has 0 aliphatic heterocycles. The van der Waals surface area contributed by atoms with Crippen molar-refractivity contribution in [3.8, 4) is 0 Å². The zero-order valence-electron chi connectivity index (χ0n) is 13.9. The quantitative estimate of drug-likeness (QED) is 0.665. The standard InChI is InChI=1S/C18H16ClFNO3P/c1-9-6-10(2)8-11(7-9)25(24-3)17-14-13(21-16(17)18(22)23)5-4-12(19)15(14)20/h4-8,21H,1-3H3,(H,22,23). The number of nitrogens with one attached hydrogen (secondary N) is 1. The lowest BCUT2D eigenvalue weighted by atomic mass is 10.2. The van der Waals surface area contributed by atoms with Crippen LogP contribution in [0.5, 0.6) is 0 Å². The van der Waals surface area contributed by atoms with Gasteiger partial charge in [0.05, 0.1) is 18.5 Å². The first-order valence-corrected chi connectivity index (χ1v) is 9.12. The Morgan fingerprint density at radius 3 is 2.44 bits per heavy atom. The van der Waals surface area contributed by atoms with Crippen LogP contribution in [-0.2, 0) is 4.52 Å². The van der Waals surface area contributed by atoms with Gasteiger partial charge in [-0.05, 0) is 38.1 Å². The molecule has 0 saturated carbocycles. The molecule has 7 heteroatoms. The van der Waals surface area contributed by atoms with E-state index in [-0.39, 0.29) is 16.1 Å². The molecule has 0 aliphatic carbocycles. The summed E-state index contributed by atoms with van der Waals surface area (Å²) in [7, 11) is -0.0401. The van der Waals surface area contributed by atoms with E-state index in [0.717, 1.165) is 16.4 Å². The third kappa shape index (κ3) is 3.15. The minimum Gasteiger partial charge on any atom is -0.477 e. The van der Waals surface area contributed by atoms with Gasteiger partial charge in [0.25, 0.3) is 0 Å². The Hall–Kier alpha value is -1.94. The summed E-state index contributed by atoms with van der Waals surface area (Å²) in [6, 6.07) is 8.83. The topological polar surface area (TPSA) is 62.3 Å². The Bertz CT molecular complexity index is 966. The molecule has 2 N–H and O–H groups in total. The molecule has 3 rings (SSSR count). The van der Waals surface area contributed by atoms with E-state index in [0.29, 0.717) is 10.8 Å². The number of aromatic amines is 1. The van der Waals surface area contributed by atoms with E-state index in [1.807, 2.05) is 32.0 Å². The minimum absolute atomic E-state index is 0.0591. The highest BCUT2D eigenvalue weighted by Gasteiger charge is 2.29. The van der Waals surface area contributed by atoms with Crippen LogP contribution in [-0.4, -0.2) is 23.2 Å². The van der Waals surface area contributed by atoms with Gasteiger partial charge in [-0.1, -0.05) is 28.8 Å². The van der Waals surface area contributed by atoms with E-state index < -0.39 is 19.9 Å². The molecule has 25 heavy (non-hydrogen) atoms. The van der Waals surface area contributed by atoms with E-state index in [1.54, 1.807) is 6.07 Å². The number of carboxylic acid groups (broad SMARTS) is 1. The monoisotopic (exact) mass is 379 g/mol. The predicted octanol–water partition coefficient (Wildman–Crippen LogP) is 4.27. The second-order valence-electron chi connectivity index (χ2n) is 5.76. The maximum Gasteiger partial charge on any atom is 0.353 e. The van der Waals surface area contributed by atoms with Crippen LogP contribution < -0.4 is 10.6 Å². The first-order valence-electron chi connectivity index (χ1n) is 7.49. The summed E-state index contributed by atoms with van der Waals surface area (Å²) in [6.07, 6.45) is 0. The number of aromatic carboxylic acids is 1. The number of H-pyrrole nitrogens is 1. The van der Waals surface area contributed by atoms with Crippen molar-refractivity contribution in [1.82, 2.24) is 4.98 Å². The van der Waals surface area contributed by atoms with E-state index in [1.165, 1.54) is 13.2 Å². The van der Waals surface area contributed by atoms with E-state index >= 15 is 0 Å². The van der Waals surface area contributed by atoms with Crippen LogP contribution in [0.15, 0.2) is 30.3 Å². The fraction of sp³-hybridized carbons (Fsp3) is 0.167. The van der Waals surface area contributed by atoms with Gasteiger partial charge in [-0.15, -0.1) is 0 Å². The van der Waals surface area contributed by atoms with Crippen molar-refractivity contribution < 1.29 is 18.8 Å². The van der Waals surface area contributed by atoms with Crippen molar-refractivity contribution in [2.75, 3.05) is 7.11 Å². The van der Waals surface area contributed by atoms with Crippen LogP contribution in [0.3, 0.4) is 0 Å². The summed E-state index contributed by atoms with van der Waals surface area (Å²) in [5.41, 5.74) is 2.34. The number of carbonyl (C=O) groups is 1. The minimum atomic E-state index is -1.54. The number of aryl methyl sites for hydroxylation is 2. The first kappa shape index (κ1) is 17.9. The molecule has 1 atom stereocenters. The predicted molar refractivity (Wildman–Crippen MR) is 99.3 cm³/mol. The van der Waals surface area contributed by atoms with Gasteiger partial charge in [-0.2, -0.15) is 0 Å². The van der Waals surface area contributed by atoms with Crippen LogP contribution in [0, 0.1) is 19.7 Å². The number of halogens is 2. The van der Waals surface area contributed by atoms with Gasteiger partial charge in [-0.25, -0.2) is 9.18 Å². The number of hydrogen-bond acceptors (Lipinski definition) is 2. The van der Waals surface area contributed by atoms with Gasteiger partial charge in [0.15, 0.2) is 5.82 Å². The summed E-state index contributed by atoms with van der Waals surface area (Å²) in [5.74, 6) is -1.82. The maximum atomic E-state index is 14.7. The third-order valence-electron chi connectivity index (χ3n) is 3.87. The molecule has 2 aromatic carbocycles. The molecule has 0 radical (unpaired) electrons. The van der Waals surface area contributed by atoms with Gasteiger partial charge < -0.3 is 14.6 Å². The number of rotatable bonds is 4. The molecule has 0 spiro atoms. The zero-order valence-corrected chi connectivity index (χ0v) is 15.5. The fourth-order valence-electron chi connectivity index (χ4n) is 2.96. The smallest absolute Gasteiger partial charge is 0.353 e. The first-order chi connectivity index (χ1) is 11.8. The largest absolute Gasteiger partial charge is 0.477 e. The molecule has 0 saturated heterocycles. The highest BCUT2D eigenvalue weighted by atomic mass is 35.5. The lowest BCUT2D eigenvalue weighted by Gasteiger charge is -2.18. The van der Waals surface area contributed by atoms with E-state index in [4.69, 9.17) is 16.1 Å². The average Bonchev–Trinajstić information content (AvgIpc) is 2.91. The molecule has 130 valence electrons. The van der Waals surface area contributed by atoms with Gasteiger partial charge >= 0.3 is 5.97 Å². The summed E-state index contributed by atoms with van der Waals surface area (Å²) in [6.45, 7) is 3.90. The lowest BCUT2D eigenvalue weighted by molar-refractivity contribution is 0.0693. The van der Waals surface area contributed by atoms with Gasteiger partial charge in [0.2, 0.25) is 0 Å². The molecular weight excluding hydrogens is 364 g/mol. The van der Waals surface area contributed by atoms with Crippen LogP contribution >= 0.6 is 19.7 Å². The van der Waals surface area contributed by atoms with Crippen molar-refractivity contribution in [3.63, 3.8) is 0 Å². The number of hydrogen-bond donors (Lipinski definition) is 2. The van der Waals surface area contributed by atoms with Gasteiger partial charge in [0, 0.05) is 23.3 Å². The second-order valence-corrected chi connectivity index (χ2v) is 8.09. The van der Waals surface area contributed by atoms with E-state index in [9.17, 15) is 14.3 Å². The van der Waals surface area contributed by atoms with Crippen molar-refractivity contribution in [2.45, 2.75) is 13.8 Å². The Labute approximate surface area is 150 Å². The van der Waals surface area contributed by atoms with Crippen LogP contribution in [0.25, 0.3) is 10.9 Å². The average molecular weight is 380 g/mol. The highest BCUT2D eigenvalue weighted by Crippen LogP contribution is 2.40. The van der Waals surface area contributed by atoms with Crippen LogP contribution in [0.2, 0.25) is 5.02 Å². The number of fused-ring (bicyclic) bond motifs is 1. The molecule has 0 bridgehead atoms. The Kier molecular flexibility index (Phi) is 4.83. The molecule has 0 fully saturated rings. The number of aromatic nitrogens is 1. The van der Waals surface area contributed by atoms with Crippen molar-refractivity contribution in [1.29, 1.82) is 0 Å². The second kappa shape index (κ2) is 6.75. The van der Waals surface area contributed by atoms with Gasteiger partial charge in [-0.3, -0.25) is 0 Å². The molecular formula is C18H16ClFNO3P.